The molecule has 0 amide bonds. The zero-order chi connectivity index (χ0) is 25.7. The molecular formula is C32H27N5O. The van der Waals surface area contributed by atoms with Crippen LogP contribution in [0, 0.1) is 6.92 Å². The van der Waals surface area contributed by atoms with E-state index in [1.165, 1.54) is 11.1 Å². The summed E-state index contributed by atoms with van der Waals surface area (Å²) in [4.78, 5) is 8.52. The lowest BCUT2D eigenvalue weighted by Crippen LogP contribution is -2.02. The van der Waals surface area contributed by atoms with E-state index in [0.29, 0.717) is 13.2 Å². The lowest BCUT2D eigenvalue weighted by Gasteiger charge is -2.05. The molecule has 4 aromatic carbocycles. The molecule has 0 saturated carbocycles. The number of H-pyrrole nitrogens is 1. The van der Waals surface area contributed by atoms with Gasteiger partial charge in [0.25, 0.3) is 0 Å². The minimum absolute atomic E-state index is 0.351. The average Bonchev–Trinajstić information content (AvgIpc) is 3.62. The summed E-state index contributed by atoms with van der Waals surface area (Å²) < 4.78 is 7.83. The Morgan fingerprint density at radius 3 is 2.16 bits per heavy atom. The van der Waals surface area contributed by atoms with Crippen molar-refractivity contribution in [3.05, 3.63) is 132 Å². The van der Waals surface area contributed by atoms with Gasteiger partial charge in [0.15, 0.2) is 0 Å². The van der Waals surface area contributed by atoms with E-state index in [-0.39, 0.29) is 0 Å². The predicted octanol–water partition coefficient (Wildman–Crippen LogP) is 6.94. The molecule has 0 fully saturated rings. The summed E-state index contributed by atoms with van der Waals surface area (Å²) in [5, 5.41) is 8.52. The molecule has 2 aromatic heterocycles. The highest BCUT2D eigenvalue weighted by atomic mass is 16.5. The van der Waals surface area contributed by atoms with Crippen molar-refractivity contribution in [2.45, 2.75) is 20.1 Å². The van der Waals surface area contributed by atoms with Gasteiger partial charge in [0, 0.05) is 16.7 Å². The molecule has 6 rings (SSSR count). The van der Waals surface area contributed by atoms with Gasteiger partial charge >= 0.3 is 0 Å². The number of aromatic amines is 1. The maximum atomic E-state index is 5.99. The van der Waals surface area contributed by atoms with Crippen LogP contribution in [0.15, 0.2) is 115 Å². The van der Waals surface area contributed by atoms with Gasteiger partial charge in [0.1, 0.15) is 23.9 Å². The molecule has 0 aliphatic carbocycles. The van der Waals surface area contributed by atoms with Gasteiger partial charge in [0.2, 0.25) is 0 Å². The fourth-order valence-corrected chi connectivity index (χ4v) is 4.44. The smallest absolute Gasteiger partial charge is 0.138 e. The molecule has 6 aromatic rings. The number of nitrogens with one attached hydrogen (secondary N) is 1. The highest BCUT2D eigenvalue weighted by molar-refractivity contribution is 5.81. The quantitative estimate of drug-likeness (QED) is 0.247. The normalized spacial score (nSPS) is 11.0. The molecular weight excluding hydrogens is 470 g/mol. The highest BCUT2D eigenvalue weighted by Crippen LogP contribution is 2.33. The van der Waals surface area contributed by atoms with Crippen LogP contribution in [-0.2, 0) is 13.2 Å². The summed E-state index contributed by atoms with van der Waals surface area (Å²) in [6.07, 6.45) is 1.93. The molecule has 186 valence electrons. The minimum Gasteiger partial charge on any atom is -0.487 e. The molecule has 0 saturated heterocycles. The van der Waals surface area contributed by atoms with E-state index in [4.69, 9.17) is 9.72 Å². The fraction of sp³-hybridized carbons (Fsp3) is 0.0938. The van der Waals surface area contributed by atoms with Gasteiger partial charge in [-0.2, -0.15) is 0 Å². The summed E-state index contributed by atoms with van der Waals surface area (Å²) in [5.74, 6) is 1.58. The summed E-state index contributed by atoms with van der Waals surface area (Å²) >= 11 is 0. The summed E-state index contributed by atoms with van der Waals surface area (Å²) in [6.45, 7) is 3.14. The van der Waals surface area contributed by atoms with Gasteiger partial charge in [-0.15, -0.1) is 5.10 Å². The molecule has 0 atom stereocenters. The van der Waals surface area contributed by atoms with Crippen LogP contribution in [0.4, 0.5) is 0 Å². The third-order valence-electron chi connectivity index (χ3n) is 6.51. The van der Waals surface area contributed by atoms with Crippen LogP contribution >= 0.6 is 0 Å². The maximum absolute atomic E-state index is 5.99. The first-order valence-electron chi connectivity index (χ1n) is 12.6. The van der Waals surface area contributed by atoms with Crippen LogP contribution in [0.3, 0.4) is 0 Å². The van der Waals surface area contributed by atoms with Gasteiger partial charge in [-0.05, 0) is 42.3 Å². The predicted molar refractivity (Wildman–Crippen MR) is 150 cm³/mol. The second-order valence-electron chi connectivity index (χ2n) is 9.19. The van der Waals surface area contributed by atoms with Crippen LogP contribution in [0.25, 0.3) is 33.9 Å². The lowest BCUT2D eigenvalue weighted by atomic mass is 10.1. The van der Waals surface area contributed by atoms with Crippen LogP contribution < -0.4 is 4.74 Å². The fourth-order valence-electron chi connectivity index (χ4n) is 4.44. The standard InChI is InChI=1S/C32H27N5O/c1-23-10-8-9-15-27(23)20-37-21-28(35-36-37)22-38-29-18-16-26(17-19-29)32-33-30(24-11-4-2-5-12-24)31(34-32)25-13-6-3-7-14-25/h2-19,21H,20,22H2,1H3,(H,33,34). The number of rotatable bonds is 8. The average molecular weight is 498 g/mol. The maximum Gasteiger partial charge on any atom is 0.138 e. The molecule has 2 heterocycles. The molecule has 0 radical (unpaired) electrons. The Morgan fingerprint density at radius 1 is 0.737 bits per heavy atom. The molecule has 6 heteroatoms. The van der Waals surface area contributed by atoms with Crippen molar-refractivity contribution in [3.8, 4) is 39.7 Å². The summed E-state index contributed by atoms with van der Waals surface area (Å²) in [6, 6.07) is 36.8. The molecule has 0 aliphatic heterocycles. The van der Waals surface area contributed by atoms with Gasteiger partial charge in [-0.1, -0.05) is 90.1 Å². The van der Waals surface area contributed by atoms with Crippen LogP contribution in [0.1, 0.15) is 16.8 Å². The number of benzene rings is 4. The number of hydrogen-bond donors (Lipinski definition) is 1. The van der Waals surface area contributed by atoms with E-state index < -0.39 is 0 Å². The Hall–Kier alpha value is -4.97. The van der Waals surface area contributed by atoms with Crippen molar-refractivity contribution in [2.24, 2.45) is 0 Å². The Kier molecular flexibility index (Phi) is 6.51. The molecule has 0 spiro atoms. The van der Waals surface area contributed by atoms with Crippen molar-refractivity contribution in [3.63, 3.8) is 0 Å². The van der Waals surface area contributed by atoms with Gasteiger partial charge in [0.05, 0.1) is 24.1 Å². The molecule has 6 nitrogen and oxygen atoms in total. The third-order valence-corrected chi connectivity index (χ3v) is 6.51. The van der Waals surface area contributed by atoms with Crippen molar-refractivity contribution in [1.29, 1.82) is 0 Å². The zero-order valence-corrected chi connectivity index (χ0v) is 21.1. The molecule has 38 heavy (non-hydrogen) atoms. The third kappa shape index (κ3) is 5.11. The van der Waals surface area contributed by atoms with Gasteiger partial charge < -0.3 is 9.72 Å². The number of nitrogens with zero attached hydrogens (tertiary/aromatic N) is 4. The summed E-state index contributed by atoms with van der Waals surface area (Å²) in [7, 11) is 0. The van der Waals surface area contributed by atoms with E-state index >= 15 is 0 Å². The second kappa shape index (κ2) is 10.6. The summed E-state index contributed by atoms with van der Waals surface area (Å²) in [5.41, 5.74) is 8.34. The molecule has 0 bridgehead atoms. The van der Waals surface area contributed by atoms with E-state index in [2.05, 4.69) is 58.6 Å². The molecule has 0 aliphatic rings. The molecule has 0 unspecified atom stereocenters. The SMILES string of the molecule is Cc1ccccc1Cn1cc(COc2ccc(-c3nc(-c4ccccc4)c(-c4ccccc4)[nH]3)cc2)nn1. The highest BCUT2D eigenvalue weighted by Gasteiger charge is 2.15. The minimum atomic E-state index is 0.351. The lowest BCUT2D eigenvalue weighted by molar-refractivity contribution is 0.301. The number of ether oxygens (including phenoxy) is 1. The van der Waals surface area contributed by atoms with Crippen molar-refractivity contribution in [2.75, 3.05) is 0 Å². The van der Waals surface area contributed by atoms with Crippen molar-refractivity contribution < 1.29 is 4.74 Å². The van der Waals surface area contributed by atoms with Gasteiger partial charge in [-0.25, -0.2) is 9.67 Å². The van der Waals surface area contributed by atoms with Crippen LogP contribution in [-0.4, -0.2) is 25.0 Å². The van der Waals surface area contributed by atoms with Crippen LogP contribution in [0.5, 0.6) is 5.75 Å². The van der Waals surface area contributed by atoms with E-state index in [9.17, 15) is 0 Å². The van der Waals surface area contributed by atoms with Crippen molar-refractivity contribution in [1.82, 2.24) is 25.0 Å². The Labute approximate surface area is 221 Å². The first kappa shape index (κ1) is 23.4. The number of aromatic nitrogens is 5. The van der Waals surface area contributed by atoms with E-state index in [0.717, 1.165) is 45.3 Å². The van der Waals surface area contributed by atoms with Crippen molar-refractivity contribution >= 4 is 0 Å². The number of imidazole rings is 1. The topological polar surface area (TPSA) is 68.6 Å². The Balaban J connectivity index is 1.17. The number of aryl methyl sites for hydroxylation is 1. The Morgan fingerprint density at radius 2 is 1.42 bits per heavy atom. The first-order valence-corrected chi connectivity index (χ1v) is 12.6. The molecule has 1 N–H and O–H groups in total. The van der Waals surface area contributed by atoms with Gasteiger partial charge in [-0.3, -0.25) is 0 Å². The first-order chi connectivity index (χ1) is 18.7. The zero-order valence-electron chi connectivity index (χ0n) is 21.1. The largest absolute Gasteiger partial charge is 0.487 e. The Bertz CT molecular complexity index is 1580. The monoisotopic (exact) mass is 497 g/mol. The number of hydrogen-bond acceptors (Lipinski definition) is 4. The van der Waals surface area contributed by atoms with E-state index in [1.54, 1.807) is 0 Å². The van der Waals surface area contributed by atoms with Crippen LogP contribution in [0.2, 0.25) is 0 Å². The second-order valence-corrected chi connectivity index (χ2v) is 9.19. The van der Waals surface area contributed by atoms with E-state index in [1.807, 2.05) is 83.7 Å².